The highest BCUT2D eigenvalue weighted by atomic mass is 35.5. The summed E-state index contributed by atoms with van der Waals surface area (Å²) in [6.07, 6.45) is -1.92. The standard InChI is InChI=1S/C18H20ClF2N3O4/c1-3-28-18(26)13-8-22-24(16(13)17(20)21)11-23(10-15(25)27-2)9-12-6-4-5-7-14(12)19/h4-8,17H,3,9-11H2,1-2H3. The van der Waals surface area contributed by atoms with Crippen LogP contribution in [-0.2, 0) is 27.5 Å². The van der Waals surface area contributed by atoms with Gasteiger partial charge in [0.2, 0.25) is 0 Å². The zero-order valence-electron chi connectivity index (χ0n) is 15.4. The van der Waals surface area contributed by atoms with Crippen LogP contribution >= 0.6 is 11.6 Å². The molecule has 2 aromatic rings. The molecule has 1 heterocycles. The monoisotopic (exact) mass is 415 g/mol. The number of nitrogens with zero attached hydrogens (tertiary/aromatic N) is 3. The van der Waals surface area contributed by atoms with Crippen molar-refractivity contribution in [2.24, 2.45) is 0 Å². The number of halogens is 3. The predicted molar refractivity (Wildman–Crippen MR) is 97.0 cm³/mol. The summed E-state index contributed by atoms with van der Waals surface area (Å²) in [6, 6.07) is 6.97. The number of rotatable bonds is 9. The summed E-state index contributed by atoms with van der Waals surface area (Å²) in [5.41, 5.74) is -0.190. The maximum atomic E-state index is 13.6. The first kappa shape index (κ1) is 21.8. The van der Waals surface area contributed by atoms with Gasteiger partial charge in [0.05, 0.1) is 33.1 Å². The first-order valence-electron chi connectivity index (χ1n) is 8.40. The Morgan fingerprint density at radius 2 is 2.04 bits per heavy atom. The van der Waals surface area contributed by atoms with E-state index in [0.29, 0.717) is 10.6 Å². The van der Waals surface area contributed by atoms with E-state index in [-0.39, 0.29) is 31.9 Å². The molecular formula is C18H20ClF2N3O4. The smallest absolute Gasteiger partial charge is 0.341 e. The van der Waals surface area contributed by atoms with E-state index in [1.807, 2.05) is 0 Å². The summed E-state index contributed by atoms with van der Waals surface area (Å²) in [5, 5.41) is 4.36. The average molecular weight is 416 g/mol. The van der Waals surface area contributed by atoms with Crippen LogP contribution in [0.5, 0.6) is 0 Å². The van der Waals surface area contributed by atoms with Gasteiger partial charge in [0.15, 0.2) is 0 Å². The van der Waals surface area contributed by atoms with Crippen molar-refractivity contribution in [2.45, 2.75) is 26.6 Å². The molecule has 0 amide bonds. The molecule has 2 rings (SSSR count). The van der Waals surface area contributed by atoms with Crippen molar-refractivity contribution in [3.63, 3.8) is 0 Å². The number of carbonyl (C=O) groups excluding carboxylic acids is 2. The van der Waals surface area contributed by atoms with Crippen LogP contribution in [0.25, 0.3) is 0 Å². The van der Waals surface area contributed by atoms with E-state index in [1.54, 1.807) is 31.2 Å². The Kier molecular flexibility index (Phi) is 7.89. The van der Waals surface area contributed by atoms with E-state index in [0.717, 1.165) is 10.9 Å². The third-order valence-corrected chi connectivity index (χ3v) is 4.22. The Balaban J connectivity index is 2.31. The van der Waals surface area contributed by atoms with Gasteiger partial charge in [0.1, 0.15) is 11.3 Å². The van der Waals surface area contributed by atoms with Crippen molar-refractivity contribution in [3.05, 3.63) is 52.3 Å². The fraction of sp³-hybridized carbons (Fsp3) is 0.389. The molecule has 0 spiro atoms. The molecule has 0 unspecified atom stereocenters. The number of carbonyl (C=O) groups is 2. The van der Waals surface area contributed by atoms with Crippen molar-refractivity contribution in [3.8, 4) is 0 Å². The molecule has 0 aliphatic heterocycles. The van der Waals surface area contributed by atoms with Gasteiger partial charge in [-0.05, 0) is 18.6 Å². The summed E-state index contributed by atoms with van der Waals surface area (Å²) in [5.74, 6) is -1.43. The zero-order chi connectivity index (χ0) is 20.7. The van der Waals surface area contributed by atoms with Gasteiger partial charge in [0.25, 0.3) is 6.43 Å². The highest BCUT2D eigenvalue weighted by molar-refractivity contribution is 6.31. The molecule has 1 aromatic carbocycles. The Bertz CT molecular complexity index is 829. The van der Waals surface area contributed by atoms with E-state index < -0.39 is 24.1 Å². The number of benzene rings is 1. The number of alkyl halides is 2. The average Bonchev–Trinajstić information content (AvgIpc) is 3.07. The maximum absolute atomic E-state index is 13.6. The molecule has 0 radical (unpaired) electrons. The molecule has 152 valence electrons. The topological polar surface area (TPSA) is 73.7 Å². The van der Waals surface area contributed by atoms with Gasteiger partial charge in [-0.25, -0.2) is 18.3 Å². The lowest BCUT2D eigenvalue weighted by molar-refractivity contribution is -0.142. The number of aromatic nitrogens is 2. The van der Waals surface area contributed by atoms with Gasteiger partial charge >= 0.3 is 11.9 Å². The minimum Gasteiger partial charge on any atom is -0.468 e. The van der Waals surface area contributed by atoms with E-state index in [1.165, 1.54) is 12.0 Å². The SMILES string of the molecule is CCOC(=O)c1cnn(CN(CC(=O)OC)Cc2ccccc2Cl)c1C(F)F. The van der Waals surface area contributed by atoms with E-state index in [9.17, 15) is 18.4 Å². The van der Waals surface area contributed by atoms with Crippen LogP contribution in [0.4, 0.5) is 8.78 Å². The molecule has 0 atom stereocenters. The second kappa shape index (κ2) is 10.1. The molecule has 10 heteroatoms. The summed E-state index contributed by atoms with van der Waals surface area (Å²) >= 11 is 6.16. The molecular weight excluding hydrogens is 396 g/mol. The van der Waals surface area contributed by atoms with Crippen molar-refractivity contribution >= 4 is 23.5 Å². The quantitative estimate of drug-likeness (QED) is 0.585. The van der Waals surface area contributed by atoms with Crippen LogP contribution in [-0.4, -0.2) is 46.9 Å². The van der Waals surface area contributed by atoms with Crippen LogP contribution in [0.2, 0.25) is 5.02 Å². The first-order chi connectivity index (χ1) is 13.4. The molecule has 0 aliphatic rings. The fourth-order valence-electron chi connectivity index (χ4n) is 2.56. The van der Waals surface area contributed by atoms with Gasteiger partial charge in [-0.1, -0.05) is 29.8 Å². The molecule has 0 saturated heterocycles. The lowest BCUT2D eigenvalue weighted by Crippen LogP contribution is -2.33. The molecule has 0 N–H and O–H groups in total. The normalized spacial score (nSPS) is 11.1. The summed E-state index contributed by atoms with van der Waals surface area (Å²) in [4.78, 5) is 25.2. The highest BCUT2D eigenvalue weighted by Gasteiger charge is 2.27. The number of ether oxygens (including phenoxy) is 2. The Morgan fingerprint density at radius 1 is 1.32 bits per heavy atom. The molecule has 0 bridgehead atoms. The molecule has 0 aliphatic carbocycles. The predicted octanol–water partition coefficient (Wildman–Crippen LogP) is 3.28. The molecule has 1 aromatic heterocycles. The van der Waals surface area contributed by atoms with Crippen molar-refractivity contribution in [1.29, 1.82) is 0 Å². The lowest BCUT2D eigenvalue weighted by atomic mass is 10.2. The second-order valence-electron chi connectivity index (χ2n) is 5.76. The minimum atomic E-state index is -2.96. The first-order valence-corrected chi connectivity index (χ1v) is 8.78. The molecule has 28 heavy (non-hydrogen) atoms. The van der Waals surface area contributed by atoms with Gasteiger partial charge in [0, 0.05) is 11.6 Å². The summed E-state index contributed by atoms with van der Waals surface area (Å²) in [6.45, 7) is 1.45. The van der Waals surface area contributed by atoms with Crippen LogP contribution in [0.3, 0.4) is 0 Å². The van der Waals surface area contributed by atoms with E-state index in [4.69, 9.17) is 16.3 Å². The van der Waals surface area contributed by atoms with Crippen molar-refractivity contribution in [2.75, 3.05) is 20.3 Å². The van der Waals surface area contributed by atoms with Gasteiger partial charge < -0.3 is 9.47 Å². The third kappa shape index (κ3) is 5.49. The highest BCUT2D eigenvalue weighted by Crippen LogP contribution is 2.25. The summed E-state index contributed by atoms with van der Waals surface area (Å²) < 4.78 is 37.6. The van der Waals surface area contributed by atoms with E-state index in [2.05, 4.69) is 9.84 Å². The van der Waals surface area contributed by atoms with Gasteiger partial charge in [-0.3, -0.25) is 9.69 Å². The number of hydrogen-bond donors (Lipinski definition) is 0. The third-order valence-electron chi connectivity index (χ3n) is 3.85. The summed E-state index contributed by atoms with van der Waals surface area (Å²) in [7, 11) is 1.23. The Hall–Kier alpha value is -2.52. The van der Waals surface area contributed by atoms with Crippen LogP contribution in [0, 0.1) is 0 Å². The number of esters is 2. The van der Waals surface area contributed by atoms with Crippen LogP contribution < -0.4 is 0 Å². The molecule has 0 saturated carbocycles. The van der Waals surface area contributed by atoms with Crippen molar-refractivity contribution in [1.82, 2.24) is 14.7 Å². The van der Waals surface area contributed by atoms with Gasteiger partial charge in [-0.15, -0.1) is 0 Å². The second-order valence-corrected chi connectivity index (χ2v) is 6.17. The Morgan fingerprint density at radius 3 is 2.64 bits per heavy atom. The minimum absolute atomic E-state index is 0.0493. The maximum Gasteiger partial charge on any atom is 0.341 e. The lowest BCUT2D eigenvalue weighted by Gasteiger charge is -2.22. The zero-order valence-corrected chi connectivity index (χ0v) is 16.2. The molecule has 0 fully saturated rings. The largest absolute Gasteiger partial charge is 0.468 e. The number of hydrogen-bond acceptors (Lipinski definition) is 6. The van der Waals surface area contributed by atoms with Crippen LogP contribution in [0.1, 0.15) is 35.0 Å². The molecule has 7 nitrogen and oxygen atoms in total. The number of methoxy groups -OCH3 is 1. The van der Waals surface area contributed by atoms with Crippen molar-refractivity contribution < 1.29 is 27.8 Å². The fourth-order valence-corrected chi connectivity index (χ4v) is 2.76. The van der Waals surface area contributed by atoms with E-state index >= 15 is 0 Å². The Labute approximate surface area is 165 Å². The van der Waals surface area contributed by atoms with Crippen LogP contribution in [0.15, 0.2) is 30.5 Å². The van der Waals surface area contributed by atoms with Gasteiger partial charge in [-0.2, -0.15) is 5.10 Å².